The number of anilines is 1. The molecule has 5 heteroatoms. The van der Waals surface area contributed by atoms with Gasteiger partial charge in [-0.2, -0.15) is 0 Å². The van der Waals surface area contributed by atoms with E-state index in [0.717, 1.165) is 24.3 Å². The van der Waals surface area contributed by atoms with Crippen LogP contribution in [0, 0.1) is 12.8 Å². The fourth-order valence-corrected chi connectivity index (χ4v) is 2.99. The molecule has 1 aliphatic rings. The molecule has 0 saturated carbocycles. The maximum absolute atomic E-state index is 11.9. The highest BCUT2D eigenvalue weighted by Crippen LogP contribution is 2.19. The zero-order chi connectivity index (χ0) is 15.8. The van der Waals surface area contributed by atoms with Crippen LogP contribution in [0.15, 0.2) is 18.3 Å². The number of rotatable bonds is 7. The van der Waals surface area contributed by atoms with Crippen LogP contribution in [0.3, 0.4) is 0 Å². The number of nitrogens with zero attached hydrogens (tertiary/aromatic N) is 2. The molecule has 1 aromatic rings. The van der Waals surface area contributed by atoms with Crippen LogP contribution < -0.4 is 10.6 Å². The molecule has 0 spiro atoms. The van der Waals surface area contributed by atoms with Gasteiger partial charge >= 0.3 is 0 Å². The summed E-state index contributed by atoms with van der Waals surface area (Å²) in [5, 5.41) is 6.23. The highest BCUT2D eigenvalue weighted by Gasteiger charge is 2.17. The number of carbonyl (C=O) groups is 1. The summed E-state index contributed by atoms with van der Waals surface area (Å²) in [7, 11) is 2.16. The topological polar surface area (TPSA) is 57.3 Å². The quantitative estimate of drug-likeness (QED) is 0.757. The molecule has 0 radical (unpaired) electrons. The van der Waals surface area contributed by atoms with E-state index in [0.29, 0.717) is 25.4 Å². The fraction of sp³-hybridized carbons (Fsp3) is 0.647. The van der Waals surface area contributed by atoms with Crippen molar-refractivity contribution in [3.8, 4) is 0 Å². The maximum Gasteiger partial charge on any atom is 0.220 e. The predicted molar refractivity (Wildman–Crippen MR) is 89.9 cm³/mol. The van der Waals surface area contributed by atoms with Gasteiger partial charge in [0.2, 0.25) is 5.91 Å². The SMILES string of the molecule is Cc1cccnc1NCCNC(=O)CCC1CCCN(C)C1. The van der Waals surface area contributed by atoms with Gasteiger partial charge in [-0.15, -0.1) is 0 Å². The third-order valence-electron chi connectivity index (χ3n) is 4.25. The molecule has 22 heavy (non-hydrogen) atoms. The van der Waals surface area contributed by atoms with Crippen molar-refractivity contribution in [2.45, 2.75) is 32.6 Å². The third kappa shape index (κ3) is 5.64. The zero-order valence-electron chi connectivity index (χ0n) is 13.8. The van der Waals surface area contributed by atoms with Gasteiger partial charge < -0.3 is 15.5 Å². The van der Waals surface area contributed by atoms with Crippen LogP contribution in [-0.2, 0) is 4.79 Å². The standard InChI is InChI=1S/C17H28N4O/c1-14-5-3-9-19-17(14)20-11-10-18-16(22)8-7-15-6-4-12-21(2)13-15/h3,5,9,15H,4,6-8,10-13H2,1-2H3,(H,18,22)(H,19,20). The molecule has 1 aliphatic heterocycles. The van der Waals surface area contributed by atoms with Crippen LogP contribution in [0.2, 0.25) is 0 Å². The Labute approximate surface area is 133 Å². The van der Waals surface area contributed by atoms with Crippen LogP contribution in [0.5, 0.6) is 0 Å². The van der Waals surface area contributed by atoms with Crippen molar-refractivity contribution in [1.82, 2.24) is 15.2 Å². The third-order valence-corrected chi connectivity index (χ3v) is 4.25. The predicted octanol–water partition coefficient (Wildman–Crippen LogP) is 2.04. The molecule has 0 bridgehead atoms. The second-order valence-corrected chi connectivity index (χ2v) is 6.25. The van der Waals surface area contributed by atoms with Gasteiger partial charge in [0.25, 0.3) is 0 Å². The maximum atomic E-state index is 11.9. The van der Waals surface area contributed by atoms with E-state index in [4.69, 9.17) is 0 Å². The van der Waals surface area contributed by atoms with Gasteiger partial charge in [-0.1, -0.05) is 6.07 Å². The van der Waals surface area contributed by atoms with Crippen molar-refractivity contribution in [2.24, 2.45) is 5.92 Å². The van der Waals surface area contributed by atoms with Crippen molar-refractivity contribution in [3.63, 3.8) is 0 Å². The summed E-state index contributed by atoms with van der Waals surface area (Å²) >= 11 is 0. The smallest absolute Gasteiger partial charge is 0.220 e. The first-order valence-electron chi connectivity index (χ1n) is 8.26. The lowest BCUT2D eigenvalue weighted by molar-refractivity contribution is -0.121. The minimum Gasteiger partial charge on any atom is -0.368 e. The van der Waals surface area contributed by atoms with Crippen molar-refractivity contribution < 1.29 is 4.79 Å². The van der Waals surface area contributed by atoms with E-state index in [1.807, 2.05) is 19.1 Å². The summed E-state index contributed by atoms with van der Waals surface area (Å²) in [6.45, 7) is 5.69. The van der Waals surface area contributed by atoms with E-state index in [2.05, 4.69) is 27.6 Å². The summed E-state index contributed by atoms with van der Waals surface area (Å²) < 4.78 is 0. The lowest BCUT2D eigenvalue weighted by atomic mass is 9.93. The van der Waals surface area contributed by atoms with E-state index >= 15 is 0 Å². The second-order valence-electron chi connectivity index (χ2n) is 6.25. The number of hydrogen-bond acceptors (Lipinski definition) is 4. The van der Waals surface area contributed by atoms with Crippen LogP contribution >= 0.6 is 0 Å². The van der Waals surface area contributed by atoms with Gasteiger partial charge in [0.15, 0.2) is 0 Å². The minimum absolute atomic E-state index is 0.160. The summed E-state index contributed by atoms with van der Waals surface area (Å²) in [5.74, 6) is 1.73. The Morgan fingerprint density at radius 2 is 2.32 bits per heavy atom. The van der Waals surface area contributed by atoms with E-state index in [-0.39, 0.29) is 5.91 Å². The van der Waals surface area contributed by atoms with Crippen molar-refractivity contribution >= 4 is 11.7 Å². The summed E-state index contributed by atoms with van der Waals surface area (Å²) in [6, 6.07) is 3.94. The van der Waals surface area contributed by atoms with Crippen molar-refractivity contribution in [3.05, 3.63) is 23.9 Å². The van der Waals surface area contributed by atoms with Gasteiger partial charge in [-0.25, -0.2) is 4.98 Å². The Bertz CT molecular complexity index is 477. The molecule has 1 atom stereocenters. The molecule has 5 nitrogen and oxygen atoms in total. The normalized spacial score (nSPS) is 18.9. The molecule has 1 unspecified atom stereocenters. The van der Waals surface area contributed by atoms with Gasteiger partial charge in [0.1, 0.15) is 5.82 Å². The molecule has 2 heterocycles. The number of aromatic nitrogens is 1. The first-order chi connectivity index (χ1) is 10.6. The molecule has 1 fully saturated rings. The molecule has 122 valence electrons. The van der Waals surface area contributed by atoms with Gasteiger partial charge in [0, 0.05) is 32.3 Å². The largest absolute Gasteiger partial charge is 0.368 e. The molecule has 2 N–H and O–H groups in total. The van der Waals surface area contributed by atoms with Crippen molar-refractivity contribution in [1.29, 1.82) is 0 Å². The molecular formula is C17H28N4O. The molecule has 1 aromatic heterocycles. The molecular weight excluding hydrogens is 276 g/mol. The number of aryl methyl sites for hydroxylation is 1. The van der Waals surface area contributed by atoms with Crippen LogP contribution in [0.25, 0.3) is 0 Å². The van der Waals surface area contributed by atoms with Crippen LogP contribution in [0.4, 0.5) is 5.82 Å². The number of carbonyl (C=O) groups excluding carboxylic acids is 1. The Morgan fingerprint density at radius 3 is 3.09 bits per heavy atom. The minimum atomic E-state index is 0.160. The van der Waals surface area contributed by atoms with Gasteiger partial charge in [0.05, 0.1) is 0 Å². The number of pyridine rings is 1. The van der Waals surface area contributed by atoms with Crippen molar-refractivity contribution in [2.75, 3.05) is 38.5 Å². The molecule has 0 aromatic carbocycles. The molecule has 2 rings (SSSR count). The Hall–Kier alpha value is -1.62. The molecule has 1 amide bonds. The average molecular weight is 304 g/mol. The highest BCUT2D eigenvalue weighted by atomic mass is 16.1. The summed E-state index contributed by atoms with van der Waals surface area (Å²) in [4.78, 5) is 18.5. The van der Waals surface area contributed by atoms with Gasteiger partial charge in [-0.05, 0) is 57.3 Å². The Morgan fingerprint density at radius 1 is 1.45 bits per heavy atom. The van der Waals surface area contributed by atoms with E-state index in [9.17, 15) is 4.79 Å². The lowest BCUT2D eigenvalue weighted by Gasteiger charge is -2.29. The second kappa shape index (κ2) is 8.73. The first kappa shape index (κ1) is 16.7. The number of amides is 1. The molecule has 0 aliphatic carbocycles. The zero-order valence-corrected chi connectivity index (χ0v) is 13.8. The number of piperidine rings is 1. The highest BCUT2D eigenvalue weighted by molar-refractivity contribution is 5.75. The van der Waals surface area contributed by atoms with Crippen LogP contribution in [-0.4, -0.2) is 49.0 Å². The number of hydrogen-bond donors (Lipinski definition) is 2. The Kier molecular flexibility index (Phi) is 6.65. The van der Waals surface area contributed by atoms with E-state index < -0.39 is 0 Å². The summed E-state index contributed by atoms with van der Waals surface area (Å²) in [6.07, 6.45) is 5.94. The van der Waals surface area contributed by atoms with E-state index in [1.54, 1.807) is 6.20 Å². The molecule has 1 saturated heterocycles. The Balaban J connectivity index is 1.57. The van der Waals surface area contributed by atoms with Gasteiger partial charge in [-0.3, -0.25) is 4.79 Å². The number of nitrogens with one attached hydrogen (secondary N) is 2. The van der Waals surface area contributed by atoms with E-state index in [1.165, 1.54) is 19.4 Å². The average Bonchev–Trinajstić information content (AvgIpc) is 2.51. The fourth-order valence-electron chi connectivity index (χ4n) is 2.99. The van der Waals surface area contributed by atoms with Crippen LogP contribution in [0.1, 0.15) is 31.2 Å². The number of likely N-dealkylation sites (tertiary alicyclic amines) is 1. The monoisotopic (exact) mass is 304 g/mol. The lowest BCUT2D eigenvalue weighted by Crippen LogP contribution is -2.33. The first-order valence-corrected chi connectivity index (χ1v) is 8.26. The summed E-state index contributed by atoms with van der Waals surface area (Å²) in [5.41, 5.74) is 1.12.